The van der Waals surface area contributed by atoms with Gasteiger partial charge >= 0.3 is 10.1 Å². The van der Waals surface area contributed by atoms with E-state index in [1.807, 2.05) is 6.07 Å². The van der Waals surface area contributed by atoms with Crippen LogP contribution < -0.4 is 14.2 Å². The summed E-state index contributed by atoms with van der Waals surface area (Å²) in [5, 5.41) is 2.11. The van der Waals surface area contributed by atoms with Crippen LogP contribution in [0.1, 0.15) is 19.4 Å². The van der Waals surface area contributed by atoms with Crippen molar-refractivity contribution in [2.24, 2.45) is 0 Å². The molecule has 0 aromatic heterocycles. The summed E-state index contributed by atoms with van der Waals surface area (Å²) in [5.74, 6) is -0.0942. The molecule has 0 amide bonds. The molecular weight excluding hydrogens is 333 g/mol. The van der Waals surface area contributed by atoms with Crippen LogP contribution in [-0.4, -0.2) is 21.6 Å². The molecule has 0 radical (unpaired) electrons. The first-order valence-electron chi connectivity index (χ1n) is 7.52. The smallest absolute Gasteiger partial charge is 0.339 e. The zero-order valence-corrected chi connectivity index (χ0v) is 14.6. The van der Waals surface area contributed by atoms with Gasteiger partial charge in [-0.2, -0.15) is 8.42 Å². The average molecular weight is 354 g/mol. The Balaban J connectivity index is 2.29. The van der Waals surface area contributed by atoms with Crippen LogP contribution in [0.4, 0.5) is 4.39 Å². The highest BCUT2D eigenvalue weighted by Gasteiger charge is 2.20. The van der Waals surface area contributed by atoms with Gasteiger partial charge in [-0.1, -0.05) is 0 Å². The fourth-order valence-electron chi connectivity index (χ4n) is 2.05. The normalized spacial score (nSPS) is 11.5. The third-order valence-corrected chi connectivity index (χ3v) is 4.60. The molecular formula is C17H21FNO4S+. The Kier molecular flexibility index (Phi) is 5.80. The highest BCUT2D eigenvalue weighted by Crippen LogP contribution is 2.30. The molecule has 2 aromatic carbocycles. The molecule has 2 aromatic rings. The van der Waals surface area contributed by atoms with Crippen molar-refractivity contribution in [3.63, 3.8) is 0 Å². The summed E-state index contributed by atoms with van der Waals surface area (Å²) in [6, 6.07) is 10.0. The van der Waals surface area contributed by atoms with E-state index in [2.05, 4.69) is 19.2 Å². The molecule has 7 heteroatoms. The van der Waals surface area contributed by atoms with Gasteiger partial charge in [-0.25, -0.2) is 4.39 Å². The Morgan fingerprint density at radius 2 is 1.75 bits per heavy atom. The number of halogens is 1. The quantitative estimate of drug-likeness (QED) is 0.773. The van der Waals surface area contributed by atoms with Crippen LogP contribution in [0.25, 0.3) is 0 Å². The molecule has 0 spiro atoms. The summed E-state index contributed by atoms with van der Waals surface area (Å²) in [6.07, 6.45) is 0. The van der Waals surface area contributed by atoms with Gasteiger partial charge in [-0.15, -0.1) is 0 Å². The first kappa shape index (κ1) is 18.2. The summed E-state index contributed by atoms with van der Waals surface area (Å²) in [6.45, 7) is 4.83. The van der Waals surface area contributed by atoms with Gasteiger partial charge in [0.2, 0.25) is 0 Å². The standard InChI is InChI=1S/C17H20FNO4S/c1-12(2)19-11-13-4-9-16(22-3)17(10-13)23-24(20,21)15-7-5-14(18)6-8-15/h4-10,12,19H,11H2,1-3H3/p+1. The molecule has 24 heavy (non-hydrogen) atoms. The minimum atomic E-state index is -4.07. The van der Waals surface area contributed by atoms with Gasteiger partial charge in [0.1, 0.15) is 17.3 Å². The second kappa shape index (κ2) is 7.63. The zero-order chi connectivity index (χ0) is 17.7. The van der Waals surface area contributed by atoms with Crippen LogP contribution >= 0.6 is 0 Å². The lowest BCUT2D eigenvalue weighted by atomic mass is 10.2. The third-order valence-electron chi connectivity index (χ3n) is 3.35. The van der Waals surface area contributed by atoms with Crippen LogP contribution in [0.5, 0.6) is 11.5 Å². The molecule has 130 valence electrons. The lowest BCUT2D eigenvalue weighted by molar-refractivity contribution is -0.698. The molecule has 0 heterocycles. The van der Waals surface area contributed by atoms with Crippen molar-refractivity contribution >= 4 is 10.1 Å². The van der Waals surface area contributed by atoms with Crippen molar-refractivity contribution in [2.75, 3.05) is 7.11 Å². The van der Waals surface area contributed by atoms with Gasteiger partial charge < -0.3 is 14.2 Å². The minimum Gasteiger partial charge on any atom is -0.493 e. The summed E-state index contributed by atoms with van der Waals surface area (Å²) >= 11 is 0. The van der Waals surface area contributed by atoms with E-state index in [0.717, 1.165) is 29.8 Å². The predicted octanol–water partition coefficient (Wildman–Crippen LogP) is 2.07. The highest BCUT2D eigenvalue weighted by atomic mass is 32.2. The summed E-state index contributed by atoms with van der Waals surface area (Å²) in [5.41, 5.74) is 0.911. The lowest BCUT2D eigenvalue weighted by Crippen LogP contribution is -2.86. The van der Waals surface area contributed by atoms with E-state index in [9.17, 15) is 12.8 Å². The van der Waals surface area contributed by atoms with E-state index < -0.39 is 15.9 Å². The summed E-state index contributed by atoms with van der Waals surface area (Å²) < 4.78 is 48.0. The molecule has 0 aliphatic heterocycles. The lowest BCUT2D eigenvalue weighted by Gasteiger charge is -2.12. The topological polar surface area (TPSA) is 69.2 Å². The number of nitrogens with two attached hydrogens (primary N) is 1. The Labute approximate surface area is 141 Å². The van der Waals surface area contributed by atoms with E-state index >= 15 is 0 Å². The molecule has 0 atom stereocenters. The van der Waals surface area contributed by atoms with Gasteiger partial charge in [0.05, 0.1) is 13.2 Å². The van der Waals surface area contributed by atoms with E-state index in [-0.39, 0.29) is 10.6 Å². The minimum absolute atomic E-state index is 0.108. The van der Waals surface area contributed by atoms with Gasteiger partial charge in [-0.05, 0) is 56.3 Å². The molecule has 0 fully saturated rings. The largest absolute Gasteiger partial charge is 0.493 e. The van der Waals surface area contributed by atoms with Crippen molar-refractivity contribution in [1.29, 1.82) is 0 Å². The number of methoxy groups -OCH3 is 1. The van der Waals surface area contributed by atoms with Crippen molar-refractivity contribution < 1.29 is 27.0 Å². The Morgan fingerprint density at radius 3 is 2.33 bits per heavy atom. The van der Waals surface area contributed by atoms with Crippen molar-refractivity contribution in [1.82, 2.24) is 0 Å². The molecule has 5 nitrogen and oxygen atoms in total. The molecule has 0 aliphatic rings. The van der Waals surface area contributed by atoms with Gasteiger partial charge in [0.25, 0.3) is 0 Å². The van der Waals surface area contributed by atoms with Crippen molar-refractivity contribution in [3.05, 3.63) is 53.8 Å². The van der Waals surface area contributed by atoms with Crippen LogP contribution in [0.15, 0.2) is 47.4 Å². The number of hydrogen-bond acceptors (Lipinski definition) is 4. The number of hydrogen-bond donors (Lipinski definition) is 1. The Morgan fingerprint density at radius 1 is 1.08 bits per heavy atom. The van der Waals surface area contributed by atoms with Gasteiger partial charge in [-0.3, -0.25) is 0 Å². The van der Waals surface area contributed by atoms with E-state index in [1.54, 1.807) is 12.1 Å². The highest BCUT2D eigenvalue weighted by molar-refractivity contribution is 7.87. The average Bonchev–Trinajstić information content (AvgIpc) is 2.53. The SMILES string of the molecule is COc1ccc(C[NH2+]C(C)C)cc1OS(=O)(=O)c1ccc(F)cc1. The molecule has 0 unspecified atom stereocenters. The maximum absolute atomic E-state index is 13.0. The molecule has 0 bridgehead atoms. The van der Waals surface area contributed by atoms with E-state index in [1.165, 1.54) is 7.11 Å². The van der Waals surface area contributed by atoms with Crippen LogP contribution in [0.2, 0.25) is 0 Å². The van der Waals surface area contributed by atoms with Crippen LogP contribution in [-0.2, 0) is 16.7 Å². The predicted molar refractivity (Wildman–Crippen MR) is 88.0 cm³/mol. The summed E-state index contributed by atoms with van der Waals surface area (Å²) in [4.78, 5) is -0.120. The molecule has 2 rings (SSSR count). The Bertz CT molecular complexity index is 789. The maximum Gasteiger partial charge on any atom is 0.339 e. The van der Waals surface area contributed by atoms with Crippen molar-refractivity contribution in [3.8, 4) is 11.5 Å². The second-order valence-electron chi connectivity index (χ2n) is 5.66. The molecule has 2 N–H and O–H groups in total. The fraction of sp³-hybridized carbons (Fsp3) is 0.294. The number of benzene rings is 2. The number of ether oxygens (including phenoxy) is 1. The van der Waals surface area contributed by atoms with Gasteiger partial charge in [0, 0.05) is 5.56 Å². The zero-order valence-electron chi connectivity index (χ0n) is 13.8. The molecule has 0 aliphatic carbocycles. The van der Waals surface area contributed by atoms with Crippen molar-refractivity contribution in [2.45, 2.75) is 31.3 Å². The first-order valence-corrected chi connectivity index (χ1v) is 8.93. The van der Waals surface area contributed by atoms with E-state index in [0.29, 0.717) is 18.3 Å². The van der Waals surface area contributed by atoms with Crippen LogP contribution in [0.3, 0.4) is 0 Å². The fourth-order valence-corrected chi connectivity index (χ4v) is 2.98. The molecule has 0 saturated carbocycles. The number of quaternary nitrogens is 1. The third kappa shape index (κ3) is 4.69. The summed E-state index contributed by atoms with van der Waals surface area (Å²) in [7, 11) is -2.63. The first-order chi connectivity index (χ1) is 11.3. The Hall–Kier alpha value is -2.12. The number of rotatable bonds is 7. The van der Waals surface area contributed by atoms with Gasteiger partial charge in [0.15, 0.2) is 11.5 Å². The monoisotopic (exact) mass is 354 g/mol. The van der Waals surface area contributed by atoms with Crippen LogP contribution in [0, 0.1) is 5.82 Å². The maximum atomic E-state index is 13.0. The second-order valence-corrected chi connectivity index (χ2v) is 7.21. The van der Waals surface area contributed by atoms with E-state index in [4.69, 9.17) is 8.92 Å². The molecule has 0 saturated heterocycles.